The minimum absolute atomic E-state index is 0.0471. The van der Waals surface area contributed by atoms with Gasteiger partial charge in [-0.3, -0.25) is 4.98 Å². The first-order chi connectivity index (χ1) is 11.7. The highest BCUT2D eigenvalue weighted by molar-refractivity contribution is 5.29. The molecule has 1 aromatic heterocycles. The summed E-state index contributed by atoms with van der Waals surface area (Å²) in [6.45, 7) is 0.0471. The average Bonchev–Trinajstić information content (AvgIpc) is 2.64. The minimum atomic E-state index is -0.213. The van der Waals surface area contributed by atoms with Crippen LogP contribution >= 0.6 is 0 Å². The summed E-state index contributed by atoms with van der Waals surface area (Å²) in [5.41, 5.74) is 4.40. The van der Waals surface area contributed by atoms with Gasteiger partial charge in [0.1, 0.15) is 5.82 Å². The van der Waals surface area contributed by atoms with Crippen molar-refractivity contribution in [2.45, 2.75) is 25.4 Å². The highest BCUT2D eigenvalue weighted by Crippen LogP contribution is 2.26. The van der Waals surface area contributed by atoms with Crippen molar-refractivity contribution in [1.82, 2.24) is 4.98 Å². The quantitative estimate of drug-likeness (QED) is 0.735. The number of aliphatic hydroxyl groups is 1. The lowest BCUT2D eigenvalue weighted by molar-refractivity contribution is 0.282. The van der Waals surface area contributed by atoms with Crippen LogP contribution in [0.2, 0.25) is 0 Å². The summed E-state index contributed by atoms with van der Waals surface area (Å²) in [5.74, 6) is 0.0577. The Kier molecular flexibility index (Phi) is 5.34. The van der Waals surface area contributed by atoms with E-state index in [4.69, 9.17) is 0 Å². The second-order valence-corrected chi connectivity index (χ2v) is 5.99. The summed E-state index contributed by atoms with van der Waals surface area (Å²) in [7, 11) is 0. The van der Waals surface area contributed by atoms with E-state index in [0.29, 0.717) is 0 Å². The van der Waals surface area contributed by atoms with Gasteiger partial charge >= 0.3 is 0 Å². The van der Waals surface area contributed by atoms with Crippen LogP contribution in [-0.4, -0.2) is 10.1 Å². The van der Waals surface area contributed by atoms with Crippen LogP contribution in [-0.2, 0) is 19.4 Å². The Labute approximate surface area is 141 Å². The van der Waals surface area contributed by atoms with Crippen molar-refractivity contribution in [3.8, 4) is 0 Å². The number of hydrogen-bond donors (Lipinski definition) is 1. The number of halogens is 1. The van der Waals surface area contributed by atoms with Crippen LogP contribution in [0.15, 0.2) is 73.1 Å². The van der Waals surface area contributed by atoms with Gasteiger partial charge in [0.2, 0.25) is 0 Å². The van der Waals surface area contributed by atoms with Crippen LogP contribution in [0.3, 0.4) is 0 Å². The number of nitrogens with zero attached hydrogens (tertiary/aromatic N) is 1. The predicted octanol–water partition coefficient (Wildman–Crippen LogP) is 4.28. The molecule has 1 atom stereocenters. The second kappa shape index (κ2) is 7.84. The first-order valence-corrected chi connectivity index (χ1v) is 8.07. The minimum Gasteiger partial charge on any atom is -0.392 e. The Hall–Kier alpha value is -2.52. The van der Waals surface area contributed by atoms with E-state index in [9.17, 15) is 9.50 Å². The number of aliphatic hydroxyl groups excluding tert-OH is 1. The zero-order valence-electron chi connectivity index (χ0n) is 13.4. The third-order valence-electron chi connectivity index (χ3n) is 4.23. The molecular weight excluding hydrogens is 301 g/mol. The number of benzene rings is 2. The molecule has 1 unspecified atom stereocenters. The van der Waals surface area contributed by atoms with Crippen molar-refractivity contribution in [3.63, 3.8) is 0 Å². The smallest absolute Gasteiger partial charge is 0.123 e. The standard InChI is InChI=1S/C21H20FNO/c22-21-9-5-16(6-10-21)12-20(13-18-2-1-11-23-14-18)19-7-3-17(15-24)4-8-19/h1-11,14,20,24H,12-13,15H2. The molecule has 0 amide bonds. The van der Waals surface area contributed by atoms with E-state index in [1.54, 1.807) is 6.20 Å². The Bertz CT molecular complexity index is 754. The molecular formula is C21H20FNO. The Morgan fingerprint density at radius 1 is 0.833 bits per heavy atom. The van der Waals surface area contributed by atoms with E-state index in [-0.39, 0.29) is 18.3 Å². The van der Waals surface area contributed by atoms with Gasteiger partial charge in [0.15, 0.2) is 0 Å². The Morgan fingerprint density at radius 3 is 2.12 bits per heavy atom. The summed E-state index contributed by atoms with van der Waals surface area (Å²) in [4.78, 5) is 4.19. The van der Waals surface area contributed by atoms with Gasteiger partial charge in [-0.15, -0.1) is 0 Å². The first kappa shape index (κ1) is 16.3. The summed E-state index contributed by atoms with van der Waals surface area (Å²) >= 11 is 0. The molecule has 3 rings (SSSR count). The largest absolute Gasteiger partial charge is 0.392 e. The van der Waals surface area contributed by atoms with Gasteiger partial charge in [-0.25, -0.2) is 4.39 Å². The molecule has 0 spiro atoms. The Balaban J connectivity index is 1.85. The van der Waals surface area contributed by atoms with E-state index in [0.717, 1.165) is 24.0 Å². The van der Waals surface area contributed by atoms with Crippen LogP contribution in [0.4, 0.5) is 4.39 Å². The van der Waals surface area contributed by atoms with Gasteiger partial charge in [-0.05, 0) is 59.2 Å². The topological polar surface area (TPSA) is 33.1 Å². The zero-order valence-corrected chi connectivity index (χ0v) is 13.4. The van der Waals surface area contributed by atoms with Gasteiger partial charge in [-0.1, -0.05) is 42.5 Å². The van der Waals surface area contributed by atoms with E-state index >= 15 is 0 Å². The molecule has 0 fully saturated rings. The summed E-state index contributed by atoms with van der Waals surface area (Å²) < 4.78 is 13.1. The van der Waals surface area contributed by atoms with Crippen LogP contribution in [0, 0.1) is 5.82 Å². The lowest BCUT2D eigenvalue weighted by Gasteiger charge is -2.18. The molecule has 0 saturated carbocycles. The SMILES string of the molecule is OCc1ccc(C(Cc2ccc(F)cc2)Cc2cccnc2)cc1. The van der Waals surface area contributed by atoms with Crippen molar-refractivity contribution in [1.29, 1.82) is 0 Å². The van der Waals surface area contributed by atoms with Crippen LogP contribution in [0.5, 0.6) is 0 Å². The molecule has 1 heterocycles. The van der Waals surface area contributed by atoms with Gasteiger partial charge in [-0.2, -0.15) is 0 Å². The third-order valence-corrected chi connectivity index (χ3v) is 4.23. The van der Waals surface area contributed by atoms with E-state index in [1.807, 2.05) is 36.5 Å². The lowest BCUT2D eigenvalue weighted by atomic mass is 9.87. The fraction of sp³-hybridized carbons (Fsp3) is 0.190. The van der Waals surface area contributed by atoms with Crippen LogP contribution in [0.1, 0.15) is 28.2 Å². The summed E-state index contributed by atoms with van der Waals surface area (Å²) in [6.07, 6.45) is 5.35. The summed E-state index contributed by atoms with van der Waals surface area (Å²) in [5, 5.41) is 9.22. The van der Waals surface area contributed by atoms with Crippen molar-refractivity contribution in [2.24, 2.45) is 0 Å². The maximum absolute atomic E-state index is 13.1. The van der Waals surface area contributed by atoms with Crippen LogP contribution < -0.4 is 0 Å². The predicted molar refractivity (Wildman–Crippen MR) is 93.2 cm³/mol. The zero-order chi connectivity index (χ0) is 16.8. The molecule has 2 nitrogen and oxygen atoms in total. The molecule has 0 aliphatic heterocycles. The molecule has 0 radical (unpaired) electrons. The van der Waals surface area contributed by atoms with Crippen LogP contribution in [0.25, 0.3) is 0 Å². The van der Waals surface area contributed by atoms with Gasteiger partial charge in [0.05, 0.1) is 6.61 Å². The molecule has 122 valence electrons. The number of aromatic nitrogens is 1. The molecule has 2 aromatic carbocycles. The molecule has 0 bridgehead atoms. The average molecular weight is 321 g/mol. The lowest BCUT2D eigenvalue weighted by Crippen LogP contribution is -2.07. The maximum Gasteiger partial charge on any atom is 0.123 e. The molecule has 3 heteroatoms. The molecule has 24 heavy (non-hydrogen) atoms. The van der Waals surface area contributed by atoms with Crippen molar-refractivity contribution in [3.05, 3.63) is 101 Å². The molecule has 0 saturated heterocycles. The molecule has 3 aromatic rings. The molecule has 0 aliphatic carbocycles. The van der Waals surface area contributed by atoms with Gasteiger partial charge in [0.25, 0.3) is 0 Å². The summed E-state index contributed by atoms with van der Waals surface area (Å²) in [6, 6.07) is 18.8. The maximum atomic E-state index is 13.1. The van der Waals surface area contributed by atoms with Crippen molar-refractivity contribution >= 4 is 0 Å². The third kappa shape index (κ3) is 4.27. The highest BCUT2D eigenvalue weighted by atomic mass is 19.1. The van der Waals surface area contributed by atoms with Gasteiger partial charge in [0, 0.05) is 12.4 Å². The van der Waals surface area contributed by atoms with E-state index in [2.05, 4.69) is 23.2 Å². The number of rotatable bonds is 6. The fourth-order valence-corrected chi connectivity index (χ4v) is 2.91. The fourth-order valence-electron chi connectivity index (χ4n) is 2.91. The normalized spacial score (nSPS) is 12.1. The highest BCUT2D eigenvalue weighted by Gasteiger charge is 2.14. The Morgan fingerprint density at radius 2 is 1.50 bits per heavy atom. The first-order valence-electron chi connectivity index (χ1n) is 8.07. The van der Waals surface area contributed by atoms with Crippen molar-refractivity contribution < 1.29 is 9.50 Å². The van der Waals surface area contributed by atoms with E-state index < -0.39 is 0 Å². The van der Waals surface area contributed by atoms with E-state index in [1.165, 1.54) is 23.3 Å². The molecule has 1 N–H and O–H groups in total. The number of hydrogen-bond acceptors (Lipinski definition) is 2. The van der Waals surface area contributed by atoms with Gasteiger partial charge < -0.3 is 5.11 Å². The number of pyridine rings is 1. The second-order valence-electron chi connectivity index (χ2n) is 5.99. The molecule has 0 aliphatic rings. The monoisotopic (exact) mass is 321 g/mol. The van der Waals surface area contributed by atoms with Crippen molar-refractivity contribution in [2.75, 3.05) is 0 Å².